The van der Waals surface area contributed by atoms with E-state index in [0.717, 1.165) is 37.5 Å². The Morgan fingerprint density at radius 1 is 0.875 bits per heavy atom. The summed E-state index contributed by atoms with van der Waals surface area (Å²) in [6, 6.07) is 18.6. The number of hydrogen-bond acceptors (Lipinski definition) is 4. The molecule has 3 aromatic rings. The van der Waals surface area contributed by atoms with E-state index in [1.54, 1.807) is 43.3 Å². The molecule has 2 amide bonds. The summed E-state index contributed by atoms with van der Waals surface area (Å²) >= 11 is 3.43. The van der Waals surface area contributed by atoms with E-state index in [0.29, 0.717) is 5.69 Å². The predicted molar refractivity (Wildman–Crippen MR) is 164 cm³/mol. The second-order valence-corrected chi connectivity index (χ2v) is 13.1. The van der Waals surface area contributed by atoms with Crippen LogP contribution in [0.2, 0.25) is 0 Å². The van der Waals surface area contributed by atoms with Crippen LogP contribution in [0.15, 0.2) is 76.1 Å². The minimum Gasteiger partial charge on any atom is -0.352 e. The molecular weight excluding hydrogens is 590 g/mol. The topological polar surface area (TPSA) is 86.8 Å². The lowest BCUT2D eigenvalue weighted by atomic mass is 10.1. The molecular formula is C31H38BrN3O4S. The zero-order valence-electron chi connectivity index (χ0n) is 23.9. The van der Waals surface area contributed by atoms with Gasteiger partial charge in [-0.2, -0.15) is 0 Å². The van der Waals surface area contributed by atoms with Gasteiger partial charge in [-0.15, -0.1) is 0 Å². The van der Waals surface area contributed by atoms with Crippen LogP contribution in [0, 0.1) is 20.8 Å². The number of carbonyl (C=O) groups excluding carboxylic acids is 2. The zero-order chi connectivity index (χ0) is 29.6. The van der Waals surface area contributed by atoms with Crippen molar-refractivity contribution in [2.24, 2.45) is 0 Å². The average Bonchev–Trinajstić information content (AvgIpc) is 2.90. The van der Waals surface area contributed by atoms with Crippen molar-refractivity contribution in [3.8, 4) is 0 Å². The van der Waals surface area contributed by atoms with Gasteiger partial charge in [-0.3, -0.25) is 13.9 Å². The summed E-state index contributed by atoms with van der Waals surface area (Å²) in [6.07, 6.45) is 0.744. The molecule has 0 heterocycles. The highest BCUT2D eigenvalue weighted by Gasteiger charge is 2.33. The molecule has 0 radical (unpaired) electrons. The lowest BCUT2D eigenvalue weighted by Crippen LogP contribution is -2.52. The van der Waals surface area contributed by atoms with Crippen molar-refractivity contribution in [1.29, 1.82) is 0 Å². The zero-order valence-corrected chi connectivity index (χ0v) is 26.3. The maximum atomic E-state index is 14.0. The van der Waals surface area contributed by atoms with E-state index in [-0.39, 0.29) is 23.4 Å². The first-order valence-electron chi connectivity index (χ1n) is 13.3. The highest BCUT2D eigenvalue weighted by molar-refractivity contribution is 9.10. The van der Waals surface area contributed by atoms with Gasteiger partial charge in [-0.05, 0) is 94.1 Å². The molecule has 0 saturated heterocycles. The number of hydrogen-bond donors (Lipinski definition) is 1. The number of nitrogens with one attached hydrogen (secondary N) is 1. The van der Waals surface area contributed by atoms with Gasteiger partial charge in [0.1, 0.15) is 12.6 Å². The summed E-state index contributed by atoms with van der Waals surface area (Å²) < 4.78 is 30.0. The normalized spacial score (nSPS) is 12.9. The molecule has 9 heteroatoms. The molecule has 0 bridgehead atoms. The van der Waals surface area contributed by atoms with Crippen molar-refractivity contribution in [3.63, 3.8) is 0 Å². The van der Waals surface area contributed by atoms with Gasteiger partial charge in [-0.1, -0.05) is 58.7 Å². The van der Waals surface area contributed by atoms with Crippen molar-refractivity contribution >= 4 is 43.5 Å². The molecule has 2 unspecified atom stereocenters. The van der Waals surface area contributed by atoms with Gasteiger partial charge < -0.3 is 10.2 Å². The molecule has 40 heavy (non-hydrogen) atoms. The van der Waals surface area contributed by atoms with E-state index >= 15 is 0 Å². The number of carbonyl (C=O) groups is 2. The van der Waals surface area contributed by atoms with Crippen molar-refractivity contribution in [2.45, 2.75) is 71.5 Å². The van der Waals surface area contributed by atoms with Gasteiger partial charge in [0.25, 0.3) is 10.0 Å². The van der Waals surface area contributed by atoms with Crippen molar-refractivity contribution < 1.29 is 18.0 Å². The molecule has 1 N–H and O–H groups in total. The summed E-state index contributed by atoms with van der Waals surface area (Å²) in [5, 5.41) is 2.95. The SMILES string of the molecule is CCC(C)NC(=O)C(C)N(Cc1ccc(Br)cc1)C(=O)CN(c1cc(C)cc(C)c1)S(=O)(=O)c1ccc(C)cc1. The summed E-state index contributed by atoms with van der Waals surface area (Å²) in [7, 11) is -4.10. The molecule has 0 saturated carbocycles. The third-order valence-electron chi connectivity index (χ3n) is 6.82. The second-order valence-electron chi connectivity index (χ2n) is 10.3. The quantitative estimate of drug-likeness (QED) is 0.287. The maximum Gasteiger partial charge on any atom is 0.264 e. The molecule has 0 spiro atoms. The molecule has 0 aromatic heterocycles. The molecule has 3 rings (SSSR count). The van der Waals surface area contributed by atoms with Crippen LogP contribution >= 0.6 is 15.9 Å². The van der Waals surface area contributed by atoms with E-state index in [2.05, 4.69) is 21.2 Å². The van der Waals surface area contributed by atoms with Crippen molar-refractivity contribution in [3.05, 3.63) is 93.5 Å². The smallest absolute Gasteiger partial charge is 0.264 e. The third-order valence-corrected chi connectivity index (χ3v) is 9.13. The summed E-state index contributed by atoms with van der Waals surface area (Å²) in [4.78, 5) is 28.7. The number of rotatable bonds is 11. The largest absolute Gasteiger partial charge is 0.352 e. The van der Waals surface area contributed by atoms with E-state index in [4.69, 9.17) is 0 Å². The Morgan fingerprint density at radius 3 is 2.00 bits per heavy atom. The van der Waals surface area contributed by atoms with Crippen LogP contribution in [0.4, 0.5) is 5.69 Å². The average molecular weight is 629 g/mol. The van der Waals surface area contributed by atoms with Crippen LogP contribution < -0.4 is 9.62 Å². The molecule has 2 atom stereocenters. The van der Waals surface area contributed by atoms with Gasteiger partial charge >= 0.3 is 0 Å². The van der Waals surface area contributed by atoms with E-state index in [1.165, 1.54) is 4.90 Å². The number of benzene rings is 3. The highest BCUT2D eigenvalue weighted by atomic mass is 79.9. The minimum atomic E-state index is -4.10. The van der Waals surface area contributed by atoms with Crippen LogP contribution in [0.1, 0.15) is 49.4 Å². The summed E-state index contributed by atoms with van der Waals surface area (Å²) in [5.41, 5.74) is 3.89. The van der Waals surface area contributed by atoms with Gasteiger partial charge in [-0.25, -0.2) is 8.42 Å². The Labute approximate surface area is 246 Å². The first-order chi connectivity index (χ1) is 18.8. The third kappa shape index (κ3) is 7.95. The fourth-order valence-corrected chi connectivity index (χ4v) is 5.96. The highest BCUT2D eigenvalue weighted by Crippen LogP contribution is 2.27. The molecule has 7 nitrogen and oxygen atoms in total. The van der Waals surface area contributed by atoms with E-state index < -0.39 is 28.5 Å². The standard InChI is InChI=1S/C31H38BrN3O4S/c1-7-24(5)33-31(37)25(6)34(19-26-10-12-27(32)13-11-26)30(36)20-35(28-17-22(3)16-23(4)18-28)40(38,39)29-14-8-21(2)9-15-29/h8-18,24-25H,7,19-20H2,1-6H3,(H,33,37). The summed E-state index contributed by atoms with van der Waals surface area (Å²) in [6.45, 7) is 10.9. The number of nitrogens with zero attached hydrogens (tertiary/aromatic N) is 2. The summed E-state index contributed by atoms with van der Waals surface area (Å²) in [5.74, 6) is -0.774. The maximum absolute atomic E-state index is 14.0. The molecule has 0 fully saturated rings. The van der Waals surface area contributed by atoms with E-state index in [1.807, 2.05) is 65.0 Å². The van der Waals surface area contributed by atoms with Gasteiger partial charge in [0.2, 0.25) is 11.8 Å². The lowest BCUT2D eigenvalue weighted by molar-refractivity contribution is -0.139. The number of anilines is 1. The monoisotopic (exact) mass is 627 g/mol. The Bertz CT molecular complexity index is 1420. The molecule has 0 aliphatic rings. The second kappa shape index (κ2) is 13.5. The molecule has 0 aliphatic carbocycles. The first-order valence-corrected chi connectivity index (χ1v) is 15.6. The molecule has 214 valence electrons. The number of aryl methyl sites for hydroxylation is 3. The Morgan fingerprint density at radius 2 is 1.45 bits per heavy atom. The van der Waals surface area contributed by atoms with Crippen LogP contribution in [-0.4, -0.2) is 43.8 Å². The fraction of sp³-hybridized carbons (Fsp3) is 0.355. The minimum absolute atomic E-state index is 0.0618. The molecule has 3 aromatic carbocycles. The van der Waals surface area contributed by atoms with Crippen molar-refractivity contribution in [1.82, 2.24) is 10.2 Å². The van der Waals surface area contributed by atoms with Crippen LogP contribution in [0.3, 0.4) is 0 Å². The van der Waals surface area contributed by atoms with Crippen LogP contribution in [0.25, 0.3) is 0 Å². The predicted octanol–water partition coefficient (Wildman–Crippen LogP) is 5.90. The van der Waals surface area contributed by atoms with Crippen molar-refractivity contribution in [2.75, 3.05) is 10.8 Å². The Balaban J connectivity index is 2.05. The van der Waals surface area contributed by atoms with Crippen LogP contribution in [-0.2, 0) is 26.2 Å². The Hall–Kier alpha value is -3.17. The van der Waals surface area contributed by atoms with Crippen LogP contribution in [0.5, 0.6) is 0 Å². The number of sulfonamides is 1. The van der Waals surface area contributed by atoms with E-state index in [9.17, 15) is 18.0 Å². The first kappa shape index (κ1) is 31.4. The molecule has 0 aliphatic heterocycles. The fourth-order valence-electron chi connectivity index (χ4n) is 4.30. The number of amides is 2. The number of halogens is 1. The van der Waals surface area contributed by atoms with Gasteiger partial charge in [0, 0.05) is 17.1 Å². The van der Waals surface area contributed by atoms with Gasteiger partial charge in [0.05, 0.1) is 10.6 Å². The van der Waals surface area contributed by atoms with Gasteiger partial charge in [0.15, 0.2) is 0 Å². The Kier molecular flexibility index (Phi) is 10.6. The lowest BCUT2D eigenvalue weighted by Gasteiger charge is -2.32.